The van der Waals surface area contributed by atoms with Gasteiger partial charge in [0.1, 0.15) is 16.5 Å². The first-order chi connectivity index (χ1) is 14.5. The number of rotatable bonds is 5. The minimum absolute atomic E-state index is 0.187. The number of hydrogen-bond acceptors (Lipinski definition) is 8. The number of anilines is 2. The van der Waals surface area contributed by atoms with Crippen molar-refractivity contribution in [3.8, 4) is 11.5 Å². The first kappa shape index (κ1) is 20.4. The quantitative estimate of drug-likeness (QED) is 0.666. The average Bonchev–Trinajstić information content (AvgIpc) is 3.09. The Morgan fingerprint density at radius 2 is 1.87 bits per heavy atom. The summed E-state index contributed by atoms with van der Waals surface area (Å²) in [5.41, 5.74) is 1.51. The van der Waals surface area contributed by atoms with Gasteiger partial charge in [-0.2, -0.15) is 0 Å². The van der Waals surface area contributed by atoms with Crippen molar-refractivity contribution in [1.29, 1.82) is 0 Å². The molecule has 1 aliphatic rings. The predicted molar refractivity (Wildman–Crippen MR) is 117 cm³/mol. The van der Waals surface area contributed by atoms with Crippen LogP contribution in [-0.4, -0.2) is 56.4 Å². The largest absolute Gasteiger partial charge is 0.493 e. The highest BCUT2D eigenvalue weighted by molar-refractivity contribution is 7.20. The van der Waals surface area contributed by atoms with Crippen molar-refractivity contribution in [3.63, 3.8) is 0 Å². The molecule has 1 aliphatic heterocycles. The first-order valence-corrected chi connectivity index (χ1v) is 10.5. The normalized spacial score (nSPS) is 14.1. The maximum absolute atomic E-state index is 13.1. The molecule has 0 saturated carbocycles. The van der Waals surface area contributed by atoms with Crippen LogP contribution >= 0.6 is 11.3 Å². The molecule has 3 heterocycles. The minimum atomic E-state index is -0.187. The Morgan fingerprint density at radius 3 is 2.57 bits per heavy atom. The first-order valence-electron chi connectivity index (χ1n) is 9.65. The summed E-state index contributed by atoms with van der Waals surface area (Å²) < 4.78 is 16.1. The number of benzene rings is 1. The molecular formula is C21H24N4O4S. The third-order valence-corrected chi connectivity index (χ3v) is 6.23. The fraction of sp³-hybridized carbons (Fsp3) is 0.381. The molecule has 0 unspecified atom stereocenters. The van der Waals surface area contributed by atoms with Crippen molar-refractivity contribution in [2.24, 2.45) is 0 Å². The van der Waals surface area contributed by atoms with Crippen molar-refractivity contribution in [2.75, 3.05) is 50.7 Å². The fourth-order valence-corrected chi connectivity index (χ4v) is 4.66. The van der Waals surface area contributed by atoms with Crippen molar-refractivity contribution < 1.29 is 19.0 Å². The van der Waals surface area contributed by atoms with Crippen LogP contribution in [0, 0.1) is 13.8 Å². The summed E-state index contributed by atoms with van der Waals surface area (Å²) in [6.07, 6.45) is 0. The van der Waals surface area contributed by atoms with Gasteiger partial charge >= 0.3 is 0 Å². The molecule has 0 radical (unpaired) electrons. The van der Waals surface area contributed by atoms with E-state index in [9.17, 15) is 4.79 Å². The van der Waals surface area contributed by atoms with Gasteiger partial charge in [0.25, 0.3) is 5.91 Å². The van der Waals surface area contributed by atoms with Gasteiger partial charge in [0.2, 0.25) is 0 Å². The second-order valence-corrected chi connectivity index (χ2v) is 7.95. The highest BCUT2D eigenvalue weighted by atomic mass is 32.1. The van der Waals surface area contributed by atoms with Gasteiger partial charge in [-0.05, 0) is 31.5 Å². The number of methoxy groups -OCH3 is 2. The molecule has 0 aliphatic carbocycles. The summed E-state index contributed by atoms with van der Waals surface area (Å²) in [6, 6.07) is 5.28. The molecule has 158 valence electrons. The molecule has 3 aromatic rings. The van der Waals surface area contributed by atoms with Gasteiger partial charge in [-0.15, -0.1) is 11.3 Å². The lowest BCUT2D eigenvalue weighted by molar-refractivity contribution is 0.103. The SMILES string of the molecule is COc1ccc(NC(=O)c2sc3nc(C)nc(N4CCOCC4)c3c2C)cc1OC. The van der Waals surface area contributed by atoms with Crippen LogP contribution < -0.4 is 19.7 Å². The van der Waals surface area contributed by atoms with Gasteiger partial charge in [0, 0.05) is 24.8 Å². The van der Waals surface area contributed by atoms with Gasteiger partial charge in [-0.3, -0.25) is 4.79 Å². The summed E-state index contributed by atoms with van der Waals surface area (Å²) in [7, 11) is 3.14. The predicted octanol–water partition coefficient (Wildman–Crippen LogP) is 3.41. The summed E-state index contributed by atoms with van der Waals surface area (Å²) in [6.45, 7) is 6.70. The molecule has 9 heteroatoms. The number of fused-ring (bicyclic) bond motifs is 1. The monoisotopic (exact) mass is 428 g/mol. The summed E-state index contributed by atoms with van der Waals surface area (Å²) in [4.78, 5) is 26.0. The lowest BCUT2D eigenvalue weighted by Gasteiger charge is -2.28. The number of thiophene rings is 1. The molecule has 8 nitrogen and oxygen atoms in total. The number of aryl methyl sites for hydroxylation is 2. The van der Waals surface area contributed by atoms with E-state index in [1.807, 2.05) is 13.8 Å². The molecule has 0 atom stereocenters. The number of carbonyl (C=O) groups is 1. The van der Waals surface area contributed by atoms with Crippen LogP contribution in [-0.2, 0) is 4.74 Å². The van der Waals surface area contributed by atoms with Gasteiger partial charge < -0.3 is 24.4 Å². The van der Waals surface area contributed by atoms with Crippen molar-refractivity contribution in [2.45, 2.75) is 13.8 Å². The van der Waals surface area contributed by atoms with Crippen LogP contribution in [0.25, 0.3) is 10.2 Å². The van der Waals surface area contributed by atoms with E-state index in [-0.39, 0.29) is 5.91 Å². The molecule has 1 amide bonds. The number of carbonyl (C=O) groups excluding carboxylic acids is 1. The van der Waals surface area contributed by atoms with Crippen molar-refractivity contribution >= 4 is 39.0 Å². The third kappa shape index (κ3) is 3.78. The highest BCUT2D eigenvalue weighted by Gasteiger charge is 2.24. The lowest BCUT2D eigenvalue weighted by atomic mass is 10.1. The average molecular weight is 429 g/mol. The van der Waals surface area contributed by atoms with Crippen LogP contribution in [0.2, 0.25) is 0 Å². The Balaban J connectivity index is 1.69. The molecule has 2 aromatic heterocycles. The number of amides is 1. The molecular weight excluding hydrogens is 404 g/mol. The fourth-order valence-electron chi connectivity index (χ4n) is 3.54. The number of ether oxygens (including phenoxy) is 3. The van der Waals surface area contributed by atoms with Crippen molar-refractivity contribution in [1.82, 2.24) is 9.97 Å². The maximum atomic E-state index is 13.1. The number of nitrogens with zero attached hydrogens (tertiary/aromatic N) is 3. The molecule has 1 fully saturated rings. The Labute approximate surface area is 178 Å². The molecule has 1 saturated heterocycles. The van der Waals surface area contributed by atoms with Gasteiger partial charge in [0.15, 0.2) is 11.5 Å². The Kier molecular flexibility index (Phi) is 5.74. The van der Waals surface area contributed by atoms with E-state index in [0.717, 1.165) is 34.7 Å². The number of aromatic nitrogens is 2. The number of nitrogens with one attached hydrogen (secondary N) is 1. The van der Waals surface area contributed by atoms with E-state index in [4.69, 9.17) is 14.2 Å². The standard InChI is InChI=1S/C21H24N4O4S/c1-12-17-19(25-7-9-29-10-8-25)22-13(2)23-21(17)30-18(12)20(26)24-14-5-6-15(27-3)16(11-14)28-4/h5-6,11H,7-10H2,1-4H3,(H,24,26). The third-order valence-electron chi connectivity index (χ3n) is 5.04. The Bertz CT molecular complexity index is 1090. The summed E-state index contributed by atoms with van der Waals surface area (Å²) in [5, 5.41) is 3.89. The van der Waals surface area contributed by atoms with Crippen LogP contribution in [0.1, 0.15) is 21.1 Å². The van der Waals surface area contributed by atoms with Crippen LogP contribution in [0.3, 0.4) is 0 Å². The molecule has 0 bridgehead atoms. The number of morpholine rings is 1. The van der Waals surface area contributed by atoms with Crippen molar-refractivity contribution in [3.05, 3.63) is 34.5 Å². The lowest BCUT2D eigenvalue weighted by Crippen LogP contribution is -2.37. The molecule has 30 heavy (non-hydrogen) atoms. The van der Waals surface area contributed by atoms with E-state index in [2.05, 4.69) is 20.2 Å². The van der Waals surface area contributed by atoms with E-state index >= 15 is 0 Å². The smallest absolute Gasteiger partial charge is 0.266 e. The summed E-state index contributed by atoms with van der Waals surface area (Å²) >= 11 is 1.38. The van der Waals surface area contributed by atoms with Gasteiger partial charge in [-0.25, -0.2) is 9.97 Å². The Morgan fingerprint density at radius 1 is 1.13 bits per heavy atom. The van der Waals surface area contributed by atoms with E-state index in [1.54, 1.807) is 32.4 Å². The van der Waals surface area contributed by atoms with Gasteiger partial charge in [0.05, 0.1) is 37.7 Å². The molecule has 1 aromatic carbocycles. The van der Waals surface area contributed by atoms with E-state index in [0.29, 0.717) is 41.1 Å². The second kappa shape index (κ2) is 8.45. The zero-order chi connectivity index (χ0) is 21.3. The highest BCUT2D eigenvalue weighted by Crippen LogP contribution is 2.36. The van der Waals surface area contributed by atoms with E-state index < -0.39 is 0 Å². The van der Waals surface area contributed by atoms with Crippen LogP contribution in [0.5, 0.6) is 11.5 Å². The summed E-state index contributed by atoms with van der Waals surface area (Å²) in [5.74, 6) is 2.54. The minimum Gasteiger partial charge on any atom is -0.493 e. The molecule has 0 spiro atoms. The van der Waals surface area contributed by atoms with Gasteiger partial charge in [-0.1, -0.05) is 0 Å². The maximum Gasteiger partial charge on any atom is 0.266 e. The van der Waals surface area contributed by atoms with E-state index in [1.165, 1.54) is 11.3 Å². The molecule has 1 N–H and O–H groups in total. The van der Waals surface area contributed by atoms with Crippen LogP contribution in [0.4, 0.5) is 11.5 Å². The topological polar surface area (TPSA) is 85.8 Å². The number of hydrogen-bond donors (Lipinski definition) is 1. The zero-order valence-corrected chi connectivity index (χ0v) is 18.3. The molecule has 4 rings (SSSR count). The zero-order valence-electron chi connectivity index (χ0n) is 17.4. The second-order valence-electron chi connectivity index (χ2n) is 6.95. The Hall–Kier alpha value is -2.91. The van der Waals surface area contributed by atoms with Crippen LogP contribution in [0.15, 0.2) is 18.2 Å².